The van der Waals surface area contributed by atoms with Crippen molar-refractivity contribution in [1.29, 1.82) is 0 Å². The molecule has 3 rings (SSSR count). The minimum Gasteiger partial charge on any atom is -0.317 e. The molecule has 18 heavy (non-hydrogen) atoms. The molecule has 0 radical (unpaired) electrons. The van der Waals surface area contributed by atoms with Gasteiger partial charge < -0.3 is 5.32 Å². The van der Waals surface area contributed by atoms with Crippen LogP contribution in [-0.4, -0.2) is 22.9 Å². The Morgan fingerprint density at radius 3 is 2.89 bits per heavy atom. The number of aromatic nitrogens is 2. The number of nitrogens with one attached hydrogen (secondary N) is 1. The highest BCUT2D eigenvalue weighted by Crippen LogP contribution is 2.18. The van der Waals surface area contributed by atoms with Gasteiger partial charge in [-0.25, -0.2) is 4.68 Å². The van der Waals surface area contributed by atoms with E-state index in [1.165, 1.54) is 18.4 Å². The lowest BCUT2D eigenvalue weighted by Gasteiger charge is -2.23. The van der Waals surface area contributed by atoms with Gasteiger partial charge in [0.1, 0.15) is 0 Å². The van der Waals surface area contributed by atoms with E-state index in [1.54, 1.807) is 4.68 Å². The van der Waals surface area contributed by atoms with Crippen LogP contribution in [0.25, 0.3) is 0 Å². The van der Waals surface area contributed by atoms with E-state index in [4.69, 9.17) is 0 Å². The van der Waals surface area contributed by atoms with Crippen molar-refractivity contribution in [3.8, 4) is 0 Å². The van der Waals surface area contributed by atoms with Gasteiger partial charge in [-0.15, -0.1) is 0 Å². The maximum atomic E-state index is 12.0. The second-order valence-electron chi connectivity index (χ2n) is 5.54. The van der Waals surface area contributed by atoms with Crippen LogP contribution in [-0.2, 0) is 19.4 Å². The molecule has 4 heteroatoms. The van der Waals surface area contributed by atoms with Crippen LogP contribution in [0, 0.1) is 5.92 Å². The zero-order valence-electron chi connectivity index (χ0n) is 10.8. The first-order valence-electron chi connectivity index (χ1n) is 7.13. The first-order chi connectivity index (χ1) is 8.83. The summed E-state index contributed by atoms with van der Waals surface area (Å²) in [6.45, 7) is 2.95. The molecule has 1 saturated heterocycles. The Bertz CT molecular complexity index is 474. The van der Waals surface area contributed by atoms with Crippen LogP contribution < -0.4 is 10.9 Å². The number of nitrogens with zero attached hydrogens (tertiary/aromatic N) is 2. The zero-order valence-corrected chi connectivity index (χ0v) is 10.8. The molecule has 0 bridgehead atoms. The maximum absolute atomic E-state index is 12.0. The topological polar surface area (TPSA) is 46.9 Å². The predicted octanol–water partition coefficient (Wildman–Crippen LogP) is 1.12. The lowest BCUT2D eigenvalue weighted by Crippen LogP contribution is -2.34. The average molecular weight is 247 g/mol. The molecular weight excluding hydrogens is 226 g/mol. The molecule has 1 aliphatic heterocycles. The van der Waals surface area contributed by atoms with E-state index in [9.17, 15) is 4.79 Å². The smallest absolute Gasteiger partial charge is 0.267 e. The van der Waals surface area contributed by atoms with Crippen molar-refractivity contribution in [3.63, 3.8) is 0 Å². The Hall–Kier alpha value is -1.16. The Morgan fingerprint density at radius 2 is 2.06 bits per heavy atom. The Labute approximate surface area is 107 Å². The molecule has 98 valence electrons. The molecule has 0 spiro atoms. The molecule has 0 aromatic carbocycles. The molecule has 0 unspecified atom stereocenters. The molecule has 2 heterocycles. The van der Waals surface area contributed by atoms with Crippen molar-refractivity contribution < 1.29 is 0 Å². The number of hydrogen-bond donors (Lipinski definition) is 1. The fourth-order valence-corrected chi connectivity index (χ4v) is 3.04. The zero-order chi connectivity index (χ0) is 12.4. The lowest BCUT2D eigenvalue weighted by atomic mass is 9.96. The van der Waals surface area contributed by atoms with Crippen molar-refractivity contribution in [2.75, 3.05) is 13.1 Å². The van der Waals surface area contributed by atoms with Crippen LogP contribution in [0.15, 0.2) is 10.9 Å². The van der Waals surface area contributed by atoms with Crippen LogP contribution in [0.4, 0.5) is 0 Å². The van der Waals surface area contributed by atoms with Gasteiger partial charge >= 0.3 is 0 Å². The van der Waals surface area contributed by atoms with E-state index >= 15 is 0 Å². The Morgan fingerprint density at radius 1 is 1.28 bits per heavy atom. The lowest BCUT2D eigenvalue weighted by molar-refractivity contribution is 0.313. The van der Waals surface area contributed by atoms with Crippen LogP contribution in [0.2, 0.25) is 0 Å². The van der Waals surface area contributed by atoms with Gasteiger partial charge in [0, 0.05) is 12.6 Å². The van der Waals surface area contributed by atoms with Crippen LogP contribution in [0.5, 0.6) is 0 Å². The van der Waals surface area contributed by atoms with Crippen molar-refractivity contribution in [3.05, 3.63) is 27.7 Å². The minimum atomic E-state index is 0.0918. The summed E-state index contributed by atoms with van der Waals surface area (Å²) in [4.78, 5) is 12.0. The standard InChI is InChI=1S/C14H21N3O/c18-14-9-12-3-1-2-4-13(12)16-17(14)10-11-5-7-15-8-6-11/h9,11,15H,1-8,10H2. The molecular formula is C14H21N3O. The van der Waals surface area contributed by atoms with E-state index < -0.39 is 0 Å². The van der Waals surface area contributed by atoms with Crippen LogP contribution >= 0.6 is 0 Å². The summed E-state index contributed by atoms with van der Waals surface area (Å²) in [5.41, 5.74) is 2.44. The van der Waals surface area contributed by atoms with Crippen molar-refractivity contribution in [1.82, 2.24) is 15.1 Å². The van der Waals surface area contributed by atoms with Gasteiger partial charge in [0.05, 0.1) is 5.69 Å². The van der Waals surface area contributed by atoms with Gasteiger partial charge in [0.15, 0.2) is 0 Å². The SMILES string of the molecule is O=c1cc2c(nn1CC1CCNCC1)CCCC2. The third-order valence-electron chi connectivity index (χ3n) is 4.16. The summed E-state index contributed by atoms with van der Waals surface area (Å²) >= 11 is 0. The van der Waals surface area contributed by atoms with E-state index in [0.717, 1.165) is 51.0 Å². The van der Waals surface area contributed by atoms with E-state index in [-0.39, 0.29) is 5.56 Å². The Kier molecular flexibility index (Phi) is 3.46. The van der Waals surface area contributed by atoms with Gasteiger partial charge in [-0.05, 0) is 63.1 Å². The number of rotatable bonds is 2. The van der Waals surface area contributed by atoms with Crippen LogP contribution in [0.3, 0.4) is 0 Å². The largest absolute Gasteiger partial charge is 0.317 e. The van der Waals surface area contributed by atoms with Crippen molar-refractivity contribution in [2.45, 2.75) is 45.1 Å². The van der Waals surface area contributed by atoms with Gasteiger partial charge in [0.25, 0.3) is 5.56 Å². The molecule has 4 nitrogen and oxygen atoms in total. The fourth-order valence-electron chi connectivity index (χ4n) is 3.04. The quantitative estimate of drug-likeness (QED) is 0.852. The first-order valence-corrected chi connectivity index (χ1v) is 7.13. The normalized spacial score (nSPS) is 20.7. The second kappa shape index (κ2) is 5.22. The van der Waals surface area contributed by atoms with Gasteiger partial charge in [-0.1, -0.05) is 0 Å². The van der Waals surface area contributed by atoms with Crippen molar-refractivity contribution in [2.24, 2.45) is 5.92 Å². The minimum absolute atomic E-state index is 0.0918. The van der Waals surface area contributed by atoms with E-state index in [0.29, 0.717) is 5.92 Å². The number of fused-ring (bicyclic) bond motifs is 1. The molecule has 1 fully saturated rings. The fraction of sp³-hybridized carbons (Fsp3) is 0.714. The summed E-state index contributed by atoms with van der Waals surface area (Å²) in [6, 6.07) is 1.82. The summed E-state index contributed by atoms with van der Waals surface area (Å²) in [5.74, 6) is 0.609. The van der Waals surface area contributed by atoms with Crippen molar-refractivity contribution >= 4 is 0 Å². The molecule has 1 aromatic rings. The third kappa shape index (κ3) is 2.48. The Balaban J connectivity index is 1.80. The van der Waals surface area contributed by atoms with Crippen LogP contribution in [0.1, 0.15) is 36.9 Å². The highest BCUT2D eigenvalue weighted by molar-refractivity contribution is 5.20. The monoisotopic (exact) mass is 247 g/mol. The first kappa shape index (κ1) is 11.9. The van der Waals surface area contributed by atoms with Gasteiger partial charge in [0.2, 0.25) is 0 Å². The molecule has 2 aliphatic rings. The molecule has 1 aliphatic carbocycles. The van der Waals surface area contributed by atoms with E-state index in [2.05, 4.69) is 10.4 Å². The highest BCUT2D eigenvalue weighted by Gasteiger charge is 2.17. The van der Waals surface area contributed by atoms with E-state index in [1.807, 2.05) is 6.07 Å². The molecule has 1 N–H and O–H groups in total. The summed E-state index contributed by atoms with van der Waals surface area (Å²) in [7, 11) is 0. The summed E-state index contributed by atoms with van der Waals surface area (Å²) < 4.78 is 1.71. The summed E-state index contributed by atoms with van der Waals surface area (Å²) in [5, 5.41) is 7.95. The molecule has 1 aromatic heterocycles. The number of hydrogen-bond acceptors (Lipinski definition) is 3. The van der Waals surface area contributed by atoms with Gasteiger partial charge in [-0.3, -0.25) is 4.79 Å². The molecule has 0 atom stereocenters. The summed E-state index contributed by atoms with van der Waals surface area (Å²) in [6.07, 6.45) is 6.81. The molecule has 0 amide bonds. The number of piperidine rings is 1. The highest BCUT2D eigenvalue weighted by atomic mass is 16.1. The molecule has 0 saturated carbocycles. The third-order valence-corrected chi connectivity index (χ3v) is 4.16. The maximum Gasteiger partial charge on any atom is 0.267 e. The second-order valence-corrected chi connectivity index (χ2v) is 5.54. The number of aryl methyl sites for hydroxylation is 2. The average Bonchev–Trinajstić information content (AvgIpc) is 2.41. The van der Waals surface area contributed by atoms with Gasteiger partial charge in [-0.2, -0.15) is 5.10 Å². The predicted molar refractivity (Wildman–Crippen MR) is 70.7 cm³/mol.